The van der Waals surface area contributed by atoms with E-state index >= 15 is 0 Å². The zero-order valence-electron chi connectivity index (χ0n) is 8.05. The van der Waals surface area contributed by atoms with Crippen LogP contribution in [-0.4, -0.2) is 11.7 Å². The van der Waals surface area contributed by atoms with E-state index < -0.39 is 0 Å². The van der Waals surface area contributed by atoms with Crippen LogP contribution in [0.15, 0.2) is 24.3 Å². The maximum absolute atomic E-state index is 8.90. The highest BCUT2D eigenvalue weighted by Crippen LogP contribution is 2.06. The predicted octanol–water partition coefficient (Wildman–Crippen LogP) is 3.06. The quantitative estimate of drug-likeness (QED) is 0.457. The van der Waals surface area contributed by atoms with E-state index in [0.717, 1.165) is 18.4 Å². The van der Waals surface area contributed by atoms with Crippen molar-refractivity contribution in [2.45, 2.75) is 39.0 Å². The van der Waals surface area contributed by atoms with Gasteiger partial charge in [0.25, 0.3) is 0 Å². The van der Waals surface area contributed by atoms with E-state index in [1.807, 2.05) is 6.08 Å². The monoisotopic (exact) mass is 168 g/mol. The summed E-state index contributed by atoms with van der Waals surface area (Å²) in [6.45, 7) is 6.01. The average Bonchev–Trinajstić information content (AvgIpc) is 2.10. The molecule has 0 unspecified atom stereocenters. The fourth-order valence-corrected chi connectivity index (χ4v) is 1.10. The number of aliphatic hydroxyl groups excluding tert-OH is 1. The summed E-state index contributed by atoms with van der Waals surface area (Å²) < 4.78 is 0. The Labute approximate surface area is 75.8 Å². The Hall–Kier alpha value is -0.560. The van der Waals surface area contributed by atoms with Crippen molar-refractivity contribution in [3.8, 4) is 0 Å². The van der Waals surface area contributed by atoms with Crippen molar-refractivity contribution in [1.82, 2.24) is 0 Å². The Kier molecular flexibility index (Phi) is 8.14. The molecular formula is C11H20O. The van der Waals surface area contributed by atoms with Gasteiger partial charge in [0.15, 0.2) is 0 Å². The Morgan fingerprint density at radius 3 is 2.67 bits per heavy atom. The van der Waals surface area contributed by atoms with Gasteiger partial charge in [-0.1, -0.05) is 31.9 Å². The Morgan fingerprint density at radius 2 is 2.17 bits per heavy atom. The van der Waals surface area contributed by atoms with Gasteiger partial charge in [-0.2, -0.15) is 0 Å². The molecule has 0 fully saturated rings. The summed E-state index contributed by atoms with van der Waals surface area (Å²) in [5, 5.41) is 8.90. The predicted molar refractivity (Wildman–Crippen MR) is 54.1 cm³/mol. The van der Waals surface area contributed by atoms with Crippen LogP contribution in [0.5, 0.6) is 0 Å². The summed E-state index contributed by atoms with van der Waals surface area (Å²) in [5.41, 5.74) is 1.10. The average molecular weight is 168 g/mol. The minimum absolute atomic E-state index is 0.179. The van der Waals surface area contributed by atoms with Crippen LogP contribution in [0.4, 0.5) is 0 Å². The minimum Gasteiger partial charge on any atom is -0.392 e. The molecule has 0 rings (SSSR count). The summed E-state index contributed by atoms with van der Waals surface area (Å²) in [6.07, 6.45) is 9.66. The van der Waals surface area contributed by atoms with Crippen molar-refractivity contribution in [3.05, 3.63) is 24.3 Å². The third kappa shape index (κ3) is 6.17. The molecule has 70 valence electrons. The molecule has 0 heterocycles. The van der Waals surface area contributed by atoms with Crippen LogP contribution >= 0.6 is 0 Å². The minimum atomic E-state index is 0.179. The van der Waals surface area contributed by atoms with E-state index in [0.29, 0.717) is 0 Å². The van der Waals surface area contributed by atoms with Crippen molar-refractivity contribution in [1.29, 1.82) is 0 Å². The summed E-state index contributed by atoms with van der Waals surface area (Å²) in [5.74, 6) is 0. The lowest BCUT2D eigenvalue weighted by Gasteiger charge is -1.99. The van der Waals surface area contributed by atoms with Gasteiger partial charge in [-0.3, -0.25) is 0 Å². The first-order valence-electron chi connectivity index (χ1n) is 4.74. The SMILES string of the molecule is C=CC/C(=C\CCCCC)CO. The molecule has 0 bridgehead atoms. The first-order chi connectivity index (χ1) is 5.85. The van der Waals surface area contributed by atoms with Crippen LogP contribution < -0.4 is 0 Å². The van der Waals surface area contributed by atoms with Gasteiger partial charge in [0.05, 0.1) is 6.61 Å². The lowest BCUT2D eigenvalue weighted by atomic mass is 10.1. The molecule has 0 amide bonds. The van der Waals surface area contributed by atoms with Crippen molar-refractivity contribution < 1.29 is 5.11 Å². The molecule has 0 spiro atoms. The second-order valence-electron chi connectivity index (χ2n) is 3.01. The lowest BCUT2D eigenvalue weighted by Crippen LogP contribution is -1.88. The van der Waals surface area contributed by atoms with Gasteiger partial charge in [0.1, 0.15) is 0 Å². The molecule has 0 aliphatic heterocycles. The van der Waals surface area contributed by atoms with Crippen LogP contribution in [0, 0.1) is 0 Å². The number of allylic oxidation sites excluding steroid dienone is 2. The summed E-state index contributed by atoms with van der Waals surface area (Å²) in [7, 11) is 0. The normalized spacial score (nSPS) is 11.7. The summed E-state index contributed by atoms with van der Waals surface area (Å²) in [6, 6.07) is 0. The van der Waals surface area contributed by atoms with Crippen molar-refractivity contribution in [3.63, 3.8) is 0 Å². The molecule has 0 aliphatic rings. The largest absolute Gasteiger partial charge is 0.392 e. The van der Waals surface area contributed by atoms with Gasteiger partial charge in [-0.25, -0.2) is 0 Å². The van der Waals surface area contributed by atoms with Gasteiger partial charge in [-0.15, -0.1) is 6.58 Å². The van der Waals surface area contributed by atoms with Crippen LogP contribution in [0.25, 0.3) is 0 Å². The van der Waals surface area contributed by atoms with Crippen molar-refractivity contribution in [2.75, 3.05) is 6.61 Å². The third-order valence-corrected chi connectivity index (χ3v) is 1.85. The Bertz CT molecular complexity index is 136. The molecule has 1 nitrogen and oxygen atoms in total. The maximum atomic E-state index is 8.90. The van der Waals surface area contributed by atoms with E-state index in [-0.39, 0.29) is 6.61 Å². The summed E-state index contributed by atoms with van der Waals surface area (Å²) >= 11 is 0. The molecule has 0 aromatic heterocycles. The van der Waals surface area contributed by atoms with E-state index in [9.17, 15) is 0 Å². The molecule has 1 heteroatoms. The number of hydrogen-bond donors (Lipinski definition) is 1. The number of unbranched alkanes of at least 4 members (excludes halogenated alkanes) is 3. The van der Waals surface area contributed by atoms with Crippen LogP contribution in [-0.2, 0) is 0 Å². The fourth-order valence-electron chi connectivity index (χ4n) is 1.10. The zero-order valence-corrected chi connectivity index (χ0v) is 8.05. The van der Waals surface area contributed by atoms with Gasteiger partial charge in [0, 0.05) is 0 Å². The Morgan fingerprint density at radius 1 is 1.42 bits per heavy atom. The van der Waals surface area contributed by atoms with Gasteiger partial charge in [-0.05, 0) is 24.8 Å². The number of aliphatic hydroxyl groups is 1. The molecule has 0 radical (unpaired) electrons. The van der Waals surface area contributed by atoms with Crippen molar-refractivity contribution in [2.24, 2.45) is 0 Å². The first-order valence-corrected chi connectivity index (χ1v) is 4.74. The molecule has 0 saturated heterocycles. The van der Waals surface area contributed by atoms with E-state index in [4.69, 9.17) is 5.11 Å². The van der Waals surface area contributed by atoms with Gasteiger partial charge < -0.3 is 5.11 Å². The lowest BCUT2D eigenvalue weighted by molar-refractivity contribution is 0.328. The zero-order chi connectivity index (χ0) is 9.23. The molecule has 0 aromatic carbocycles. The number of hydrogen-bond acceptors (Lipinski definition) is 1. The van der Waals surface area contributed by atoms with Crippen LogP contribution in [0.3, 0.4) is 0 Å². The highest BCUT2D eigenvalue weighted by Gasteiger charge is 1.91. The fraction of sp³-hybridized carbons (Fsp3) is 0.636. The second-order valence-corrected chi connectivity index (χ2v) is 3.01. The highest BCUT2D eigenvalue weighted by molar-refractivity contribution is 5.06. The van der Waals surface area contributed by atoms with Crippen LogP contribution in [0.2, 0.25) is 0 Å². The van der Waals surface area contributed by atoms with E-state index in [1.165, 1.54) is 19.3 Å². The smallest absolute Gasteiger partial charge is 0.0644 e. The van der Waals surface area contributed by atoms with Gasteiger partial charge >= 0.3 is 0 Å². The van der Waals surface area contributed by atoms with E-state index in [1.54, 1.807) is 0 Å². The summed E-state index contributed by atoms with van der Waals surface area (Å²) in [4.78, 5) is 0. The molecule has 0 saturated carbocycles. The third-order valence-electron chi connectivity index (χ3n) is 1.85. The second kappa shape index (κ2) is 8.54. The number of rotatable bonds is 7. The standard InChI is InChI=1S/C11H20O/c1-3-5-6-7-9-11(10-12)8-4-2/h4,9,12H,2-3,5-8,10H2,1H3/b11-9+. The van der Waals surface area contributed by atoms with E-state index in [2.05, 4.69) is 19.6 Å². The molecule has 0 atom stereocenters. The maximum Gasteiger partial charge on any atom is 0.0644 e. The van der Waals surface area contributed by atoms with Gasteiger partial charge in [0.2, 0.25) is 0 Å². The first kappa shape index (κ1) is 11.4. The van der Waals surface area contributed by atoms with Crippen molar-refractivity contribution >= 4 is 0 Å². The Balaban J connectivity index is 3.54. The van der Waals surface area contributed by atoms with Crippen LogP contribution in [0.1, 0.15) is 39.0 Å². The highest BCUT2D eigenvalue weighted by atomic mass is 16.3. The molecule has 12 heavy (non-hydrogen) atoms. The topological polar surface area (TPSA) is 20.2 Å². The molecule has 0 aromatic rings. The molecule has 1 N–H and O–H groups in total. The molecule has 0 aliphatic carbocycles. The molecular weight excluding hydrogens is 148 g/mol.